The van der Waals surface area contributed by atoms with Gasteiger partial charge in [0.05, 0.1) is 0 Å². The van der Waals surface area contributed by atoms with Crippen molar-refractivity contribution in [1.82, 2.24) is 4.90 Å². The summed E-state index contributed by atoms with van der Waals surface area (Å²) in [7, 11) is 0. The van der Waals surface area contributed by atoms with E-state index in [1.807, 2.05) is 12.1 Å². The lowest BCUT2D eigenvalue weighted by atomic mass is 9.93. The minimum Gasteiger partial charge on any atom is -0.389 e. The lowest BCUT2D eigenvalue weighted by Crippen LogP contribution is -2.24. The van der Waals surface area contributed by atoms with Crippen molar-refractivity contribution in [3.05, 3.63) is 35.1 Å². The van der Waals surface area contributed by atoms with Gasteiger partial charge in [-0.05, 0) is 24.4 Å². The van der Waals surface area contributed by atoms with Crippen LogP contribution in [0.25, 0.3) is 0 Å². The van der Waals surface area contributed by atoms with Gasteiger partial charge in [0.1, 0.15) is 10.8 Å². The number of hydrogen-bond acceptors (Lipinski definition) is 2. The average molecular weight is 266 g/mol. The molecule has 0 unspecified atom stereocenters. The van der Waals surface area contributed by atoms with Crippen molar-refractivity contribution in [1.29, 1.82) is 0 Å². The van der Waals surface area contributed by atoms with Gasteiger partial charge >= 0.3 is 0 Å². The largest absolute Gasteiger partial charge is 0.389 e. The zero-order chi connectivity index (χ0) is 13.3. The maximum atomic E-state index is 14.2. The SMILES string of the molecule is CC1(C)CCN(Cc2cccc(C(N)=S)c2F)C1. The first kappa shape index (κ1) is 13.4. The summed E-state index contributed by atoms with van der Waals surface area (Å²) < 4.78 is 14.2. The Balaban J connectivity index is 2.15. The quantitative estimate of drug-likeness (QED) is 0.853. The van der Waals surface area contributed by atoms with Gasteiger partial charge in [0.25, 0.3) is 0 Å². The van der Waals surface area contributed by atoms with Gasteiger partial charge in [0, 0.05) is 24.2 Å². The Morgan fingerprint density at radius 3 is 2.78 bits per heavy atom. The van der Waals surface area contributed by atoms with Crippen LogP contribution in [0.2, 0.25) is 0 Å². The van der Waals surface area contributed by atoms with Crippen molar-refractivity contribution in [3.8, 4) is 0 Å². The van der Waals surface area contributed by atoms with E-state index in [-0.39, 0.29) is 10.8 Å². The summed E-state index contributed by atoms with van der Waals surface area (Å²) >= 11 is 4.85. The lowest BCUT2D eigenvalue weighted by Gasteiger charge is -2.20. The molecule has 0 aliphatic carbocycles. The molecule has 1 aromatic carbocycles. The molecule has 1 aliphatic rings. The van der Waals surface area contributed by atoms with Crippen LogP contribution in [-0.2, 0) is 6.54 Å². The van der Waals surface area contributed by atoms with Crippen molar-refractivity contribution < 1.29 is 4.39 Å². The maximum Gasteiger partial charge on any atom is 0.137 e. The molecule has 0 spiro atoms. The van der Waals surface area contributed by atoms with Crippen LogP contribution in [0.5, 0.6) is 0 Å². The van der Waals surface area contributed by atoms with E-state index >= 15 is 0 Å². The number of hydrogen-bond donors (Lipinski definition) is 1. The second kappa shape index (κ2) is 4.94. The Hall–Kier alpha value is -1.00. The van der Waals surface area contributed by atoms with Crippen LogP contribution in [0.1, 0.15) is 31.4 Å². The molecule has 98 valence electrons. The smallest absolute Gasteiger partial charge is 0.137 e. The van der Waals surface area contributed by atoms with Gasteiger partial charge < -0.3 is 5.73 Å². The standard InChI is InChI=1S/C14H19FN2S/c1-14(2)6-7-17(9-14)8-10-4-3-5-11(12(10)15)13(16)18/h3-5H,6-9H2,1-2H3,(H2,16,18). The number of nitrogens with two attached hydrogens (primary N) is 1. The fraction of sp³-hybridized carbons (Fsp3) is 0.500. The molecule has 0 saturated carbocycles. The molecule has 1 saturated heterocycles. The topological polar surface area (TPSA) is 29.3 Å². The van der Waals surface area contributed by atoms with Crippen molar-refractivity contribution >= 4 is 17.2 Å². The number of likely N-dealkylation sites (tertiary alicyclic amines) is 1. The Kier molecular flexibility index (Phi) is 3.69. The normalized spacial score (nSPS) is 19.1. The molecule has 0 atom stereocenters. The van der Waals surface area contributed by atoms with E-state index < -0.39 is 0 Å². The molecular formula is C14H19FN2S. The number of nitrogens with zero attached hydrogens (tertiary/aromatic N) is 1. The summed E-state index contributed by atoms with van der Waals surface area (Å²) in [6, 6.07) is 5.26. The van der Waals surface area contributed by atoms with Gasteiger partial charge in [-0.25, -0.2) is 4.39 Å². The third-order valence-electron chi connectivity index (χ3n) is 3.49. The predicted octanol–water partition coefficient (Wildman–Crippen LogP) is 2.69. The molecular weight excluding hydrogens is 247 g/mol. The summed E-state index contributed by atoms with van der Waals surface area (Å²) in [5, 5.41) is 0. The van der Waals surface area contributed by atoms with E-state index in [2.05, 4.69) is 18.7 Å². The molecule has 2 nitrogen and oxygen atoms in total. The van der Waals surface area contributed by atoms with E-state index in [1.165, 1.54) is 0 Å². The van der Waals surface area contributed by atoms with Gasteiger partial charge in [-0.3, -0.25) is 4.90 Å². The molecule has 0 bridgehead atoms. The summed E-state index contributed by atoms with van der Waals surface area (Å²) in [6.07, 6.45) is 1.16. The van der Waals surface area contributed by atoms with Gasteiger partial charge in [-0.15, -0.1) is 0 Å². The molecule has 1 fully saturated rings. The van der Waals surface area contributed by atoms with E-state index in [9.17, 15) is 4.39 Å². The van der Waals surface area contributed by atoms with E-state index in [4.69, 9.17) is 18.0 Å². The van der Waals surface area contributed by atoms with Gasteiger partial charge in [-0.2, -0.15) is 0 Å². The highest BCUT2D eigenvalue weighted by atomic mass is 32.1. The summed E-state index contributed by atoms with van der Waals surface area (Å²) in [5.41, 5.74) is 6.87. The lowest BCUT2D eigenvalue weighted by molar-refractivity contribution is 0.281. The number of rotatable bonds is 3. The monoisotopic (exact) mass is 266 g/mol. The van der Waals surface area contributed by atoms with Crippen LogP contribution in [0.15, 0.2) is 18.2 Å². The third kappa shape index (κ3) is 2.87. The molecule has 1 heterocycles. The minimum atomic E-state index is -0.269. The highest BCUT2D eigenvalue weighted by Gasteiger charge is 2.29. The first-order valence-corrected chi connectivity index (χ1v) is 6.59. The molecule has 0 radical (unpaired) electrons. The summed E-state index contributed by atoms with van der Waals surface area (Å²) in [4.78, 5) is 2.40. The number of benzene rings is 1. The third-order valence-corrected chi connectivity index (χ3v) is 3.71. The van der Waals surface area contributed by atoms with Crippen LogP contribution in [0.3, 0.4) is 0 Å². The Morgan fingerprint density at radius 2 is 2.22 bits per heavy atom. The Bertz CT molecular complexity index is 471. The first-order valence-electron chi connectivity index (χ1n) is 6.19. The van der Waals surface area contributed by atoms with Gasteiger partial charge in [-0.1, -0.05) is 38.2 Å². The van der Waals surface area contributed by atoms with Crippen molar-refractivity contribution in [2.24, 2.45) is 11.1 Å². The van der Waals surface area contributed by atoms with Crippen LogP contribution >= 0.6 is 12.2 Å². The molecule has 1 aliphatic heterocycles. The van der Waals surface area contributed by atoms with Crippen LogP contribution < -0.4 is 5.73 Å². The maximum absolute atomic E-state index is 14.2. The van der Waals surface area contributed by atoms with Crippen molar-refractivity contribution in [3.63, 3.8) is 0 Å². The fourth-order valence-corrected chi connectivity index (χ4v) is 2.65. The summed E-state index contributed by atoms with van der Waals surface area (Å²) in [5.74, 6) is -0.269. The fourth-order valence-electron chi connectivity index (χ4n) is 2.49. The van der Waals surface area contributed by atoms with Gasteiger partial charge in [0.15, 0.2) is 0 Å². The number of thiocarbonyl (C=S) groups is 1. The van der Waals surface area contributed by atoms with E-state index in [1.54, 1.807) is 6.07 Å². The highest BCUT2D eigenvalue weighted by molar-refractivity contribution is 7.80. The first-order chi connectivity index (χ1) is 8.39. The van der Waals surface area contributed by atoms with E-state index in [0.29, 0.717) is 23.1 Å². The van der Waals surface area contributed by atoms with E-state index in [0.717, 1.165) is 19.5 Å². The van der Waals surface area contributed by atoms with Crippen molar-refractivity contribution in [2.45, 2.75) is 26.8 Å². The van der Waals surface area contributed by atoms with Crippen LogP contribution in [0.4, 0.5) is 4.39 Å². The Labute approximate surface area is 113 Å². The van der Waals surface area contributed by atoms with Crippen molar-refractivity contribution in [2.75, 3.05) is 13.1 Å². The molecule has 2 N–H and O–H groups in total. The zero-order valence-corrected chi connectivity index (χ0v) is 11.7. The number of halogens is 1. The average Bonchev–Trinajstić information content (AvgIpc) is 2.61. The van der Waals surface area contributed by atoms with Gasteiger partial charge in [0.2, 0.25) is 0 Å². The minimum absolute atomic E-state index is 0.121. The second-order valence-corrected chi connectivity index (χ2v) is 6.21. The summed E-state index contributed by atoms with van der Waals surface area (Å²) in [6.45, 7) is 7.14. The molecule has 4 heteroatoms. The molecule has 0 amide bonds. The predicted molar refractivity (Wildman–Crippen MR) is 76.0 cm³/mol. The second-order valence-electron chi connectivity index (χ2n) is 5.77. The zero-order valence-electron chi connectivity index (χ0n) is 10.9. The highest BCUT2D eigenvalue weighted by Crippen LogP contribution is 2.30. The Morgan fingerprint density at radius 1 is 1.50 bits per heavy atom. The molecule has 1 aromatic rings. The molecule has 2 rings (SSSR count). The molecule has 0 aromatic heterocycles. The van der Waals surface area contributed by atoms with Crippen LogP contribution in [0, 0.1) is 11.2 Å². The van der Waals surface area contributed by atoms with Crippen LogP contribution in [-0.4, -0.2) is 23.0 Å². The molecule has 18 heavy (non-hydrogen) atoms.